The zero-order chi connectivity index (χ0) is 19.9. The van der Waals surface area contributed by atoms with Crippen molar-refractivity contribution < 1.29 is 9.18 Å². The number of anilines is 1. The van der Waals surface area contributed by atoms with Crippen LogP contribution < -0.4 is 10.6 Å². The fourth-order valence-electron chi connectivity index (χ4n) is 2.87. The lowest BCUT2D eigenvalue weighted by atomic mass is 10.0. The molecule has 1 unspecified atom stereocenters. The van der Waals surface area contributed by atoms with Gasteiger partial charge in [-0.3, -0.25) is 9.78 Å². The number of hydrogen-bond acceptors (Lipinski definition) is 3. The van der Waals surface area contributed by atoms with Gasteiger partial charge in [0, 0.05) is 24.5 Å². The van der Waals surface area contributed by atoms with Crippen LogP contribution in [0.25, 0.3) is 0 Å². The van der Waals surface area contributed by atoms with Crippen LogP contribution in [-0.2, 0) is 11.2 Å². The minimum atomic E-state index is -0.904. The zero-order valence-electron chi connectivity index (χ0n) is 15.5. The number of nitrogens with zero attached hydrogens (tertiary/aromatic N) is 1. The van der Waals surface area contributed by atoms with Crippen LogP contribution >= 0.6 is 11.6 Å². The van der Waals surface area contributed by atoms with E-state index in [1.165, 1.54) is 6.07 Å². The number of carbonyl (C=O) groups excluding carboxylic acids is 1. The molecule has 4 nitrogen and oxygen atoms in total. The van der Waals surface area contributed by atoms with Crippen LogP contribution in [0.4, 0.5) is 10.1 Å². The third-order valence-electron chi connectivity index (χ3n) is 4.37. The van der Waals surface area contributed by atoms with Gasteiger partial charge in [0.25, 0.3) is 0 Å². The van der Waals surface area contributed by atoms with Crippen LogP contribution in [0.5, 0.6) is 0 Å². The van der Waals surface area contributed by atoms with Crippen LogP contribution in [-0.4, -0.2) is 17.4 Å². The Bertz CT molecular complexity index is 950. The summed E-state index contributed by atoms with van der Waals surface area (Å²) in [4.78, 5) is 16.8. The lowest BCUT2D eigenvalue weighted by Crippen LogP contribution is -2.35. The molecule has 0 aliphatic rings. The highest BCUT2D eigenvalue weighted by atomic mass is 35.5. The van der Waals surface area contributed by atoms with Gasteiger partial charge in [0.15, 0.2) is 0 Å². The summed E-state index contributed by atoms with van der Waals surface area (Å²) in [6.45, 7) is 2.35. The maximum atomic E-state index is 14.4. The number of halogens is 2. The van der Waals surface area contributed by atoms with Gasteiger partial charge in [0.2, 0.25) is 5.91 Å². The Balaban J connectivity index is 1.77. The van der Waals surface area contributed by atoms with Gasteiger partial charge in [-0.05, 0) is 54.8 Å². The summed E-state index contributed by atoms with van der Waals surface area (Å²) in [6, 6.07) is 14.6. The van der Waals surface area contributed by atoms with Crippen molar-refractivity contribution in [3.05, 3.63) is 94.5 Å². The second kappa shape index (κ2) is 9.33. The summed E-state index contributed by atoms with van der Waals surface area (Å²) in [7, 11) is 0. The molecular formula is C22H21ClFN3O. The highest BCUT2D eigenvalue weighted by Gasteiger charge is 2.24. The monoisotopic (exact) mass is 397 g/mol. The van der Waals surface area contributed by atoms with E-state index in [1.54, 1.807) is 42.7 Å². The van der Waals surface area contributed by atoms with Crippen LogP contribution in [0.15, 0.2) is 67.0 Å². The fourth-order valence-corrected chi connectivity index (χ4v) is 3.16. The highest BCUT2D eigenvalue weighted by molar-refractivity contribution is 6.33. The van der Waals surface area contributed by atoms with E-state index in [2.05, 4.69) is 15.6 Å². The minimum Gasteiger partial charge on any atom is -0.369 e. The van der Waals surface area contributed by atoms with Gasteiger partial charge in [-0.2, -0.15) is 0 Å². The molecule has 3 rings (SSSR count). The van der Waals surface area contributed by atoms with Crippen molar-refractivity contribution in [1.29, 1.82) is 0 Å². The molecule has 0 saturated carbocycles. The Kier molecular flexibility index (Phi) is 6.61. The molecule has 144 valence electrons. The molecule has 1 heterocycles. The molecule has 0 bridgehead atoms. The van der Waals surface area contributed by atoms with E-state index in [-0.39, 0.29) is 11.5 Å². The van der Waals surface area contributed by atoms with Crippen LogP contribution in [0.3, 0.4) is 0 Å². The summed E-state index contributed by atoms with van der Waals surface area (Å²) in [5.41, 5.74) is 2.90. The minimum absolute atomic E-state index is 0.264. The predicted molar refractivity (Wildman–Crippen MR) is 110 cm³/mol. The Hall–Kier alpha value is -2.92. The fraction of sp³-hybridized carbons (Fsp3) is 0.182. The smallest absolute Gasteiger partial charge is 0.247 e. The number of nitrogens with one attached hydrogen (secondary N) is 2. The van der Waals surface area contributed by atoms with E-state index >= 15 is 0 Å². The number of rotatable bonds is 7. The largest absolute Gasteiger partial charge is 0.369 e. The molecule has 2 N–H and O–H groups in total. The van der Waals surface area contributed by atoms with Gasteiger partial charge in [-0.15, -0.1) is 0 Å². The van der Waals surface area contributed by atoms with Gasteiger partial charge >= 0.3 is 0 Å². The molecule has 28 heavy (non-hydrogen) atoms. The Morgan fingerprint density at radius 1 is 1.14 bits per heavy atom. The first kappa shape index (κ1) is 19.8. The maximum absolute atomic E-state index is 14.4. The van der Waals surface area contributed by atoms with Crippen molar-refractivity contribution in [1.82, 2.24) is 10.3 Å². The molecule has 3 aromatic rings. The maximum Gasteiger partial charge on any atom is 0.247 e. The first-order valence-corrected chi connectivity index (χ1v) is 9.36. The number of amides is 1. The molecule has 0 aliphatic heterocycles. The van der Waals surface area contributed by atoms with Crippen LogP contribution in [0.1, 0.15) is 22.7 Å². The number of aryl methyl sites for hydroxylation is 1. The Morgan fingerprint density at radius 2 is 1.89 bits per heavy atom. The molecule has 0 radical (unpaired) electrons. The molecule has 0 fully saturated rings. The third-order valence-corrected chi connectivity index (χ3v) is 4.68. The quantitative estimate of drug-likeness (QED) is 0.607. The topological polar surface area (TPSA) is 54.0 Å². The Labute approximate surface area is 168 Å². The van der Waals surface area contributed by atoms with Crippen molar-refractivity contribution in [2.45, 2.75) is 19.4 Å². The molecule has 1 amide bonds. The van der Waals surface area contributed by atoms with E-state index in [0.29, 0.717) is 23.7 Å². The standard InChI is InChI=1S/C22H21ClFN3O/c1-15-6-7-20(18(23)14-15)27-21(17-4-2-3-5-19(17)24)22(28)26-13-10-16-8-11-25-12-9-16/h2-9,11-12,14,21,27H,10,13H2,1H3,(H,26,28). The first-order chi connectivity index (χ1) is 13.5. The lowest BCUT2D eigenvalue weighted by molar-refractivity contribution is -0.122. The van der Waals surface area contributed by atoms with Crippen molar-refractivity contribution >= 4 is 23.2 Å². The van der Waals surface area contributed by atoms with Gasteiger partial charge < -0.3 is 10.6 Å². The molecule has 0 spiro atoms. The SMILES string of the molecule is Cc1ccc(NC(C(=O)NCCc2ccncc2)c2ccccc2F)c(Cl)c1. The average Bonchev–Trinajstić information content (AvgIpc) is 2.69. The summed E-state index contributed by atoms with van der Waals surface area (Å²) in [5, 5.41) is 6.44. The van der Waals surface area contributed by atoms with Crippen molar-refractivity contribution in [3.8, 4) is 0 Å². The van der Waals surface area contributed by atoms with Gasteiger partial charge in [0.1, 0.15) is 11.9 Å². The highest BCUT2D eigenvalue weighted by Crippen LogP contribution is 2.28. The molecule has 2 aromatic carbocycles. The Morgan fingerprint density at radius 3 is 2.61 bits per heavy atom. The molecule has 1 atom stereocenters. The van der Waals surface area contributed by atoms with E-state index < -0.39 is 11.9 Å². The van der Waals surface area contributed by atoms with Crippen LogP contribution in [0.2, 0.25) is 5.02 Å². The van der Waals surface area contributed by atoms with Gasteiger partial charge in [0.05, 0.1) is 10.7 Å². The summed E-state index contributed by atoms with van der Waals surface area (Å²) in [5.74, 6) is -0.775. The van der Waals surface area contributed by atoms with E-state index in [0.717, 1.165) is 11.1 Å². The summed E-state index contributed by atoms with van der Waals surface area (Å²) < 4.78 is 14.4. The summed E-state index contributed by atoms with van der Waals surface area (Å²) >= 11 is 6.30. The van der Waals surface area contributed by atoms with E-state index in [4.69, 9.17) is 11.6 Å². The molecule has 0 aliphatic carbocycles. The average molecular weight is 398 g/mol. The molecular weight excluding hydrogens is 377 g/mol. The second-order valence-electron chi connectivity index (χ2n) is 6.48. The normalized spacial score (nSPS) is 11.7. The first-order valence-electron chi connectivity index (χ1n) is 8.98. The number of carbonyl (C=O) groups is 1. The number of pyridine rings is 1. The predicted octanol–water partition coefficient (Wildman–Crippen LogP) is 4.69. The van der Waals surface area contributed by atoms with Gasteiger partial charge in [-0.1, -0.05) is 35.9 Å². The van der Waals surface area contributed by atoms with Crippen molar-refractivity contribution in [2.75, 3.05) is 11.9 Å². The van der Waals surface area contributed by atoms with E-state index in [9.17, 15) is 9.18 Å². The summed E-state index contributed by atoms with van der Waals surface area (Å²) in [6.07, 6.45) is 4.07. The van der Waals surface area contributed by atoms with Gasteiger partial charge in [-0.25, -0.2) is 4.39 Å². The second-order valence-corrected chi connectivity index (χ2v) is 6.89. The van der Waals surface area contributed by atoms with Crippen molar-refractivity contribution in [3.63, 3.8) is 0 Å². The number of aromatic nitrogens is 1. The lowest BCUT2D eigenvalue weighted by Gasteiger charge is -2.21. The zero-order valence-corrected chi connectivity index (χ0v) is 16.2. The molecule has 0 saturated heterocycles. The van der Waals surface area contributed by atoms with Crippen LogP contribution in [0, 0.1) is 12.7 Å². The third kappa shape index (κ3) is 5.08. The molecule has 6 heteroatoms. The van der Waals surface area contributed by atoms with E-state index in [1.807, 2.05) is 25.1 Å². The number of hydrogen-bond donors (Lipinski definition) is 2. The number of benzene rings is 2. The molecule has 1 aromatic heterocycles. The van der Waals surface area contributed by atoms with Crippen molar-refractivity contribution in [2.24, 2.45) is 0 Å².